The van der Waals surface area contributed by atoms with Gasteiger partial charge in [-0.25, -0.2) is 0 Å². The number of methoxy groups -OCH3 is 1. The molecule has 1 aliphatic rings. The normalized spacial score (nSPS) is 19.9. The quantitative estimate of drug-likeness (QED) is 0.780. The largest absolute Gasteiger partial charge is 0.497 e. The predicted octanol–water partition coefficient (Wildman–Crippen LogP) is 3.09. The van der Waals surface area contributed by atoms with Crippen LogP contribution in [-0.4, -0.2) is 31.5 Å². The highest BCUT2D eigenvalue weighted by Gasteiger charge is 2.15. The van der Waals surface area contributed by atoms with Gasteiger partial charge in [0.25, 0.3) is 0 Å². The van der Waals surface area contributed by atoms with Gasteiger partial charge in [-0.15, -0.1) is 0 Å². The molecule has 112 valence electrons. The lowest BCUT2D eigenvalue weighted by Crippen LogP contribution is -2.08. The minimum Gasteiger partial charge on any atom is -0.497 e. The van der Waals surface area contributed by atoms with Crippen LogP contribution in [0.25, 0.3) is 0 Å². The lowest BCUT2D eigenvalue weighted by molar-refractivity contribution is 0.0978. The lowest BCUT2D eigenvalue weighted by atomic mass is 10.1. The van der Waals surface area contributed by atoms with E-state index in [2.05, 4.69) is 0 Å². The molecule has 0 saturated carbocycles. The minimum atomic E-state index is -0.547. The van der Waals surface area contributed by atoms with Crippen molar-refractivity contribution in [1.82, 2.24) is 0 Å². The van der Waals surface area contributed by atoms with E-state index in [0.29, 0.717) is 18.5 Å². The summed E-state index contributed by atoms with van der Waals surface area (Å²) >= 11 is 0. The van der Waals surface area contributed by atoms with Gasteiger partial charge in [-0.1, -0.05) is 0 Å². The summed E-state index contributed by atoms with van der Waals surface area (Å²) in [6.07, 6.45) is 4.19. The number of rotatable bonds is 7. The fourth-order valence-corrected chi connectivity index (χ4v) is 2.48. The van der Waals surface area contributed by atoms with Crippen LogP contribution in [0.5, 0.6) is 11.5 Å². The molecule has 1 unspecified atom stereocenters. The van der Waals surface area contributed by atoms with Crippen molar-refractivity contribution in [2.75, 3.05) is 20.3 Å². The summed E-state index contributed by atoms with van der Waals surface area (Å²) < 4.78 is 16.6. The highest BCUT2D eigenvalue weighted by molar-refractivity contribution is 5.41. The van der Waals surface area contributed by atoms with E-state index in [1.54, 1.807) is 14.0 Å². The number of benzene rings is 1. The van der Waals surface area contributed by atoms with E-state index in [1.807, 2.05) is 18.2 Å². The maximum Gasteiger partial charge on any atom is 0.128 e. The Hall–Kier alpha value is -1.26. The minimum absolute atomic E-state index is 0.403. The first-order valence-electron chi connectivity index (χ1n) is 7.31. The molecule has 1 fully saturated rings. The van der Waals surface area contributed by atoms with E-state index in [-0.39, 0.29) is 0 Å². The van der Waals surface area contributed by atoms with E-state index >= 15 is 0 Å². The summed E-state index contributed by atoms with van der Waals surface area (Å²) in [5.41, 5.74) is 0.794. The second kappa shape index (κ2) is 7.50. The second-order valence-corrected chi connectivity index (χ2v) is 5.21. The Labute approximate surface area is 120 Å². The summed E-state index contributed by atoms with van der Waals surface area (Å²) in [7, 11) is 1.62. The van der Waals surface area contributed by atoms with Crippen LogP contribution in [0, 0.1) is 0 Å². The van der Waals surface area contributed by atoms with Crippen molar-refractivity contribution in [2.24, 2.45) is 0 Å². The number of aliphatic hydroxyl groups is 1. The van der Waals surface area contributed by atoms with Crippen molar-refractivity contribution < 1.29 is 19.3 Å². The standard InChI is InChI=1S/C16H24O4/c1-12(17)15-8-7-14(18-2)11-16(15)20-10-4-6-13-5-3-9-19-13/h7-8,11-13,17H,3-6,9-10H2,1-2H3/t12-,13?/m0/s1. The van der Waals surface area contributed by atoms with Crippen LogP contribution in [0.2, 0.25) is 0 Å². The van der Waals surface area contributed by atoms with E-state index in [9.17, 15) is 5.11 Å². The fourth-order valence-electron chi connectivity index (χ4n) is 2.48. The number of ether oxygens (including phenoxy) is 3. The van der Waals surface area contributed by atoms with Crippen molar-refractivity contribution in [3.63, 3.8) is 0 Å². The summed E-state index contributed by atoms with van der Waals surface area (Å²) in [5.74, 6) is 1.44. The molecule has 2 rings (SSSR count). The molecule has 2 atom stereocenters. The predicted molar refractivity (Wildman–Crippen MR) is 77.3 cm³/mol. The Morgan fingerprint density at radius 2 is 2.30 bits per heavy atom. The molecule has 1 heterocycles. The smallest absolute Gasteiger partial charge is 0.128 e. The van der Waals surface area contributed by atoms with Gasteiger partial charge < -0.3 is 19.3 Å². The van der Waals surface area contributed by atoms with Crippen LogP contribution < -0.4 is 9.47 Å². The van der Waals surface area contributed by atoms with Gasteiger partial charge in [-0.3, -0.25) is 0 Å². The summed E-state index contributed by atoms with van der Waals surface area (Å²) in [5, 5.41) is 9.76. The first-order chi connectivity index (χ1) is 9.70. The highest BCUT2D eigenvalue weighted by atomic mass is 16.5. The summed E-state index contributed by atoms with van der Waals surface area (Å²) in [6.45, 7) is 3.27. The Balaban J connectivity index is 1.86. The lowest BCUT2D eigenvalue weighted by Gasteiger charge is -2.15. The average molecular weight is 280 g/mol. The monoisotopic (exact) mass is 280 g/mol. The van der Waals surface area contributed by atoms with Crippen LogP contribution in [0.15, 0.2) is 18.2 Å². The van der Waals surface area contributed by atoms with Gasteiger partial charge in [0, 0.05) is 18.2 Å². The summed E-state index contributed by atoms with van der Waals surface area (Å²) in [4.78, 5) is 0. The number of hydrogen-bond acceptors (Lipinski definition) is 4. The van der Waals surface area contributed by atoms with Gasteiger partial charge in [0.1, 0.15) is 11.5 Å². The third kappa shape index (κ3) is 4.12. The Kier molecular flexibility index (Phi) is 5.68. The molecule has 0 aliphatic carbocycles. The van der Waals surface area contributed by atoms with Gasteiger partial charge in [-0.05, 0) is 44.7 Å². The maximum atomic E-state index is 9.76. The molecule has 1 N–H and O–H groups in total. The zero-order valence-corrected chi connectivity index (χ0v) is 12.3. The molecular formula is C16H24O4. The van der Waals surface area contributed by atoms with Crippen molar-refractivity contribution in [3.05, 3.63) is 23.8 Å². The number of hydrogen-bond donors (Lipinski definition) is 1. The molecule has 0 bridgehead atoms. The molecule has 1 aromatic carbocycles. The highest BCUT2D eigenvalue weighted by Crippen LogP contribution is 2.29. The van der Waals surface area contributed by atoms with E-state index < -0.39 is 6.10 Å². The molecule has 1 aromatic rings. The Morgan fingerprint density at radius 1 is 1.45 bits per heavy atom. The van der Waals surface area contributed by atoms with E-state index in [1.165, 1.54) is 6.42 Å². The zero-order valence-electron chi connectivity index (χ0n) is 12.3. The molecule has 20 heavy (non-hydrogen) atoms. The van der Waals surface area contributed by atoms with Crippen LogP contribution in [0.3, 0.4) is 0 Å². The molecule has 4 nitrogen and oxygen atoms in total. The van der Waals surface area contributed by atoms with Gasteiger partial charge in [0.2, 0.25) is 0 Å². The maximum absolute atomic E-state index is 9.76. The third-order valence-electron chi connectivity index (χ3n) is 3.62. The first kappa shape index (κ1) is 15.1. The van der Waals surface area contributed by atoms with Crippen molar-refractivity contribution in [3.8, 4) is 11.5 Å². The van der Waals surface area contributed by atoms with Crippen molar-refractivity contribution >= 4 is 0 Å². The molecule has 0 amide bonds. The van der Waals surface area contributed by atoms with E-state index in [0.717, 1.165) is 37.2 Å². The SMILES string of the molecule is COc1ccc([C@H](C)O)c(OCCCC2CCCO2)c1. The molecule has 4 heteroatoms. The van der Waals surface area contributed by atoms with Crippen molar-refractivity contribution in [2.45, 2.75) is 44.8 Å². The topological polar surface area (TPSA) is 47.9 Å². The molecular weight excluding hydrogens is 256 g/mol. The van der Waals surface area contributed by atoms with Crippen molar-refractivity contribution in [1.29, 1.82) is 0 Å². The number of aliphatic hydroxyl groups excluding tert-OH is 1. The van der Waals surface area contributed by atoms with Gasteiger partial charge in [-0.2, -0.15) is 0 Å². The third-order valence-corrected chi connectivity index (χ3v) is 3.62. The molecule has 0 radical (unpaired) electrons. The Morgan fingerprint density at radius 3 is 2.95 bits per heavy atom. The van der Waals surface area contributed by atoms with Crippen LogP contribution >= 0.6 is 0 Å². The second-order valence-electron chi connectivity index (χ2n) is 5.21. The molecule has 0 aromatic heterocycles. The van der Waals surface area contributed by atoms with Gasteiger partial charge >= 0.3 is 0 Å². The van der Waals surface area contributed by atoms with Gasteiger partial charge in [0.15, 0.2) is 0 Å². The molecule has 1 aliphatic heterocycles. The van der Waals surface area contributed by atoms with Crippen LogP contribution in [0.4, 0.5) is 0 Å². The zero-order chi connectivity index (χ0) is 14.4. The molecule has 0 spiro atoms. The average Bonchev–Trinajstić information content (AvgIpc) is 2.96. The van der Waals surface area contributed by atoms with Gasteiger partial charge in [0.05, 0.1) is 25.9 Å². The first-order valence-corrected chi connectivity index (χ1v) is 7.31. The fraction of sp³-hybridized carbons (Fsp3) is 0.625. The van der Waals surface area contributed by atoms with Crippen LogP contribution in [0.1, 0.15) is 44.3 Å². The summed E-state index contributed by atoms with van der Waals surface area (Å²) in [6, 6.07) is 5.51. The van der Waals surface area contributed by atoms with Crippen LogP contribution in [-0.2, 0) is 4.74 Å². The van der Waals surface area contributed by atoms with E-state index in [4.69, 9.17) is 14.2 Å². The molecule has 1 saturated heterocycles. The Bertz CT molecular complexity index is 411.